The number of benzene rings is 1. The average molecular weight is 202 g/mol. The first kappa shape index (κ1) is 8.23. The molecule has 1 aliphatic rings. The highest BCUT2D eigenvalue weighted by atomic mass is 16.5. The van der Waals surface area contributed by atoms with Crippen LogP contribution in [-0.2, 0) is 4.74 Å². The van der Waals surface area contributed by atoms with Gasteiger partial charge in [0.25, 0.3) is 0 Å². The molecule has 4 nitrogen and oxygen atoms in total. The van der Waals surface area contributed by atoms with Crippen LogP contribution in [0.15, 0.2) is 47.4 Å². The Balaban J connectivity index is 1.93. The van der Waals surface area contributed by atoms with Crippen LogP contribution in [0.3, 0.4) is 0 Å². The molecule has 0 amide bonds. The van der Waals surface area contributed by atoms with E-state index in [4.69, 9.17) is 9.15 Å². The van der Waals surface area contributed by atoms with E-state index in [1.165, 1.54) is 0 Å². The molecular formula is C11H10N2O2. The number of furan rings is 1. The van der Waals surface area contributed by atoms with Crippen LogP contribution in [0.4, 0.5) is 5.69 Å². The van der Waals surface area contributed by atoms with Gasteiger partial charge in [0, 0.05) is 5.39 Å². The zero-order valence-corrected chi connectivity index (χ0v) is 8.01. The van der Waals surface area contributed by atoms with Crippen LogP contribution in [-0.4, -0.2) is 11.7 Å². The maximum absolute atomic E-state index is 5.41. The number of hydrogen-bond acceptors (Lipinski definition) is 4. The first-order chi connectivity index (χ1) is 7.43. The quantitative estimate of drug-likeness (QED) is 0.812. The predicted molar refractivity (Wildman–Crippen MR) is 56.8 cm³/mol. The summed E-state index contributed by atoms with van der Waals surface area (Å²) in [4.78, 5) is 0. The van der Waals surface area contributed by atoms with E-state index >= 15 is 0 Å². The second-order valence-corrected chi connectivity index (χ2v) is 3.31. The van der Waals surface area contributed by atoms with Crippen molar-refractivity contribution < 1.29 is 9.15 Å². The van der Waals surface area contributed by atoms with Crippen LogP contribution in [0.5, 0.6) is 0 Å². The molecule has 0 aliphatic carbocycles. The van der Waals surface area contributed by atoms with Crippen LogP contribution in [0.25, 0.3) is 11.0 Å². The van der Waals surface area contributed by atoms with Crippen molar-refractivity contribution in [1.29, 1.82) is 0 Å². The number of nitrogens with one attached hydrogen (secondary N) is 1. The highest BCUT2D eigenvalue weighted by molar-refractivity contribution is 5.90. The highest BCUT2D eigenvalue weighted by Gasteiger charge is 2.09. The molecule has 0 saturated heterocycles. The summed E-state index contributed by atoms with van der Waals surface area (Å²) in [5.41, 5.74) is 5.02. The van der Waals surface area contributed by atoms with Gasteiger partial charge in [-0.2, -0.15) is 0 Å². The van der Waals surface area contributed by atoms with Crippen molar-refractivity contribution in [3.8, 4) is 0 Å². The first-order valence-electron chi connectivity index (χ1n) is 4.71. The molecule has 1 aromatic carbocycles. The third kappa shape index (κ3) is 1.40. The minimum absolute atomic E-state index is 0.513. The molecule has 0 fully saturated rings. The zero-order valence-electron chi connectivity index (χ0n) is 8.01. The van der Waals surface area contributed by atoms with Crippen LogP contribution >= 0.6 is 0 Å². The molecule has 0 radical (unpaired) electrons. The van der Waals surface area contributed by atoms with Gasteiger partial charge in [-0.15, -0.1) is 0 Å². The summed E-state index contributed by atoms with van der Waals surface area (Å²) in [5.74, 6) is 0. The van der Waals surface area contributed by atoms with Crippen LogP contribution in [0.1, 0.15) is 0 Å². The Bertz CT molecular complexity index is 504. The average Bonchev–Trinajstić information content (AvgIpc) is 2.89. The van der Waals surface area contributed by atoms with Crippen molar-refractivity contribution in [1.82, 2.24) is 5.01 Å². The summed E-state index contributed by atoms with van der Waals surface area (Å²) in [6, 6.07) is 7.90. The molecule has 0 spiro atoms. The third-order valence-electron chi connectivity index (χ3n) is 2.30. The van der Waals surface area contributed by atoms with Gasteiger partial charge in [0.1, 0.15) is 23.8 Å². The SMILES string of the molecule is C1=CN(Nc2coc3ccccc23)CO1. The highest BCUT2D eigenvalue weighted by Crippen LogP contribution is 2.25. The Morgan fingerprint density at radius 1 is 1.27 bits per heavy atom. The van der Waals surface area contributed by atoms with Crippen LogP contribution in [0, 0.1) is 0 Å². The molecule has 0 saturated carbocycles. The number of para-hydroxylation sites is 1. The molecule has 3 rings (SSSR count). The molecule has 2 heterocycles. The first-order valence-corrected chi connectivity index (χ1v) is 4.71. The monoisotopic (exact) mass is 202 g/mol. The maximum Gasteiger partial charge on any atom is 0.178 e. The summed E-state index contributed by atoms with van der Waals surface area (Å²) in [6.45, 7) is 0.513. The summed E-state index contributed by atoms with van der Waals surface area (Å²) < 4.78 is 10.5. The number of nitrogens with zero attached hydrogens (tertiary/aromatic N) is 1. The predicted octanol–water partition coefficient (Wildman–Crippen LogP) is 2.52. The molecule has 1 aliphatic heterocycles. The summed E-state index contributed by atoms with van der Waals surface area (Å²) in [7, 11) is 0. The lowest BCUT2D eigenvalue weighted by Gasteiger charge is -2.14. The second kappa shape index (κ2) is 3.24. The van der Waals surface area contributed by atoms with Gasteiger partial charge in [-0.25, -0.2) is 0 Å². The van der Waals surface area contributed by atoms with Crippen molar-refractivity contribution >= 4 is 16.7 Å². The van der Waals surface area contributed by atoms with Crippen LogP contribution < -0.4 is 5.43 Å². The summed E-state index contributed by atoms with van der Waals surface area (Å²) >= 11 is 0. The van der Waals surface area contributed by atoms with Crippen LogP contribution in [0.2, 0.25) is 0 Å². The van der Waals surface area contributed by atoms with E-state index in [-0.39, 0.29) is 0 Å². The van der Waals surface area contributed by atoms with Gasteiger partial charge in [-0.1, -0.05) is 12.1 Å². The fourth-order valence-corrected chi connectivity index (χ4v) is 1.57. The Labute approximate surface area is 86.7 Å². The third-order valence-corrected chi connectivity index (χ3v) is 2.30. The van der Waals surface area contributed by atoms with E-state index in [9.17, 15) is 0 Å². The van der Waals surface area contributed by atoms with E-state index in [1.807, 2.05) is 35.5 Å². The minimum atomic E-state index is 0.513. The number of hydrogen-bond donors (Lipinski definition) is 1. The molecule has 1 aromatic heterocycles. The van der Waals surface area contributed by atoms with Crippen molar-refractivity contribution in [2.45, 2.75) is 0 Å². The fraction of sp³-hybridized carbons (Fsp3) is 0.0909. The van der Waals surface area contributed by atoms with Gasteiger partial charge in [-0.05, 0) is 12.1 Å². The lowest BCUT2D eigenvalue weighted by Crippen LogP contribution is -2.22. The van der Waals surface area contributed by atoms with E-state index < -0.39 is 0 Å². The number of anilines is 1. The topological polar surface area (TPSA) is 37.6 Å². The Kier molecular flexibility index (Phi) is 1.78. The molecule has 0 atom stereocenters. The van der Waals surface area contributed by atoms with Crippen molar-refractivity contribution in [2.75, 3.05) is 12.2 Å². The Hall–Kier alpha value is -2.10. The molecular weight excluding hydrogens is 192 g/mol. The molecule has 1 N–H and O–H groups in total. The van der Waals surface area contributed by atoms with Gasteiger partial charge in [0.15, 0.2) is 6.73 Å². The molecule has 15 heavy (non-hydrogen) atoms. The Morgan fingerprint density at radius 3 is 3.07 bits per heavy atom. The van der Waals surface area contributed by atoms with Gasteiger partial charge in [0.05, 0.1) is 6.20 Å². The van der Waals surface area contributed by atoms with Crippen molar-refractivity contribution in [3.63, 3.8) is 0 Å². The lowest BCUT2D eigenvalue weighted by atomic mass is 10.2. The largest absolute Gasteiger partial charge is 0.477 e. The number of hydrazine groups is 1. The van der Waals surface area contributed by atoms with Crippen molar-refractivity contribution in [3.05, 3.63) is 43.0 Å². The number of fused-ring (bicyclic) bond motifs is 1. The molecule has 2 aromatic rings. The Morgan fingerprint density at radius 2 is 2.20 bits per heavy atom. The molecule has 0 unspecified atom stereocenters. The number of rotatable bonds is 2. The van der Waals surface area contributed by atoms with Crippen molar-refractivity contribution in [2.24, 2.45) is 0 Å². The summed E-state index contributed by atoms with van der Waals surface area (Å²) in [5, 5.41) is 2.91. The van der Waals surface area contributed by atoms with E-state index in [2.05, 4.69) is 5.43 Å². The standard InChI is InChI=1S/C11H10N2O2/c1-2-4-11-9(3-1)10(7-15-11)12-13-5-6-14-8-13/h1-7,12H,8H2. The zero-order chi connectivity index (χ0) is 10.1. The summed E-state index contributed by atoms with van der Waals surface area (Å²) in [6.07, 6.45) is 5.19. The fourth-order valence-electron chi connectivity index (χ4n) is 1.57. The lowest BCUT2D eigenvalue weighted by molar-refractivity contribution is 0.190. The molecule has 76 valence electrons. The van der Waals surface area contributed by atoms with E-state index in [1.54, 1.807) is 12.5 Å². The smallest absolute Gasteiger partial charge is 0.178 e. The van der Waals surface area contributed by atoms with Gasteiger partial charge >= 0.3 is 0 Å². The van der Waals surface area contributed by atoms with E-state index in [0.29, 0.717) is 6.73 Å². The van der Waals surface area contributed by atoms with E-state index in [0.717, 1.165) is 16.7 Å². The molecule has 0 bridgehead atoms. The molecule has 4 heteroatoms. The minimum Gasteiger partial charge on any atom is -0.477 e. The normalized spacial score (nSPS) is 14.5. The second-order valence-electron chi connectivity index (χ2n) is 3.31. The van der Waals surface area contributed by atoms with Gasteiger partial charge in [0.2, 0.25) is 0 Å². The maximum atomic E-state index is 5.41. The van der Waals surface area contributed by atoms with Gasteiger partial charge in [-0.3, -0.25) is 10.4 Å². The number of ether oxygens (including phenoxy) is 1. The van der Waals surface area contributed by atoms with Gasteiger partial charge < -0.3 is 9.15 Å².